The molecule has 4 rings (SSSR count). The summed E-state index contributed by atoms with van der Waals surface area (Å²) in [5.74, 6) is 2.24. The molecule has 0 saturated carbocycles. The molecule has 1 unspecified atom stereocenters. The number of anilines is 2. The summed E-state index contributed by atoms with van der Waals surface area (Å²) in [4.78, 5) is 9.37. The number of nitrogens with one attached hydrogen (secondary N) is 2. The van der Waals surface area contributed by atoms with Gasteiger partial charge < -0.3 is 20.1 Å². The van der Waals surface area contributed by atoms with E-state index in [1.807, 2.05) is 48.5 Å². The number of hydrogen-bond acceptors (Lipinski definition) is 6. The number of hydrogen-bond donors (Lipinski definition) is 2. The predicted octanol–water partition coefficient (Wildman–Crippen LogP) is 4.36. The van der Waals surface area contributed by atoms with Crippen molar-refractivity contribution in [1.82, 2.24) is 9.97 Å². The summed E-state index contributed by atoms with van der Waals surface area (Å²) in [5.41, 5.74) is 3.07. The highest BCUT2D eigenvalue weighted by molar-refractivity contribution is 5.64. The highest BCUT2D eigenvalue weighted by Crippen LogP contribution is 2.22. The van der Waals surface area contributed by atoms with E-state index in [9.17, 15) is 0 Å². The van der Waals surface area contributed by atoms with Crippen LogP contribution in [0.3, 0.4) is 0 Å². The molecule has 2 aromatic carbocycles. The van der Waals surface area contributed by atoms with E-state index in [-0.39, 0.29) is 6.10 Å². The summed E-state index contributed by atoms with van der Waals surface area (Å²) >= 11 is 0. The van der Waals surface area contributed by atoms with Gasteiger partial charge >= 0.3 is 0 Å². The van der Waals surface area contributed by atoms with Gasteiger partial charge in [0.15, 0.2) is 0 Å². The summed E-state index contributed by atoms with van der Waals surface area (Å²) in [5, 5.41) is 6.76. The van der Waals surface area contributed by atoms with Crippen molar-refractivity contribution in [3.63, 3.8) is 0 Å². The molecule has 3 aromatic rings. The molecule has 0 amide bonds. The van der Waals surface area contributed by atoms with E-state index >= 15 is 0 Å². The van der Waals surface area contributed by atoms with Gasteiger partial charge in [-0.15, -0.1) is 0 Å². The lowest BCUT2D eigenvalue weighted by Crippen LogP contribution is -2.19. The van der Waals surface area contributed by atoms with Crippen molar-refractivity contribution in [3.8, 4) is 17.0 Å². The van der Waals surface area contributed by atoms with E-state index in [1.54, 1.807) is 7.11 Å². The van der Waals surface area contributed by atoms with Crippen LogP contribution in [0.1, 0.15) is 18.4 Å². The van der Waals surface area contributed by atoms with Gasteiger partial charge in [0.2, 0.25) is 5.95 Å². The summed E-state index contributed by atoms with van der Waals surface area (Å²) < 4.78 is 10.9. The lowest BCUT2D eigenvalue weighted by molar-refractivity contribution is 0.120. The van der Waals surface area contributed by atoms with Gasteiger partial charge in [0, 0.05) is 31.3 Å². The molecule has 150 valence electrons. The molecule has 1 atom stereocenters. The number of ether oxygens (including phenoxy) is 2. The standard InChI is InChI=1S/C23H26N4O2/c1-28-19-11-9-17(10-12-19)15-25-23-26-21(18-6-3-2-4-7-18)14-22(27-23)24-16-20-8-5-13-29-20/h2-4,6-7,9-12,14,20H,5,8,13,15-16H2,1H3,(H2,24,25,26,27). The molecule has 1 fully saturated rings. The van der Waals surface area contributed by atoms with Gasteiger partial charge in [0.05, 0.1) is 18.9 Å². The zero-order valence-electron chi connectivity index (χ0n) is 16.6. The highest BCUT2D eigenvalue weighted by Gasteiger charge is 2.15. The first-order valence-electron chi connectivity index (χ1n) is 9.97. The van der Waals surface area contributed by atoms with Crippen molar-refractivity contribution in [3.05, 3.63) is 66.2 Å². The molecule has 0 aliphatic carbocycles. The van der Waals surface area contributed by atoms with Gasteiger partial charge in [0.25, 0.3) is 0 Å². The first kappa shape index (κ1) is 19.2. The Morgan fingerprint density at radius 2 is 1.86 bits per heavy atom. The Balaban J connectivity index is 1.51. The molecule has 0 bridgehead atoms. The maximum atomic E-state index is 5.71. The molecule has 2 N–H and O–H groups in total. The van der Waals surface area contributed by atoms with Gasteiger partial charge in [0.1, 0.15) is 11.6 Å². The van der Waals surface area contributed by atoms with Crippen LogP contribution >= 0.6 is 0 Å². The number of rotatable bonds is 8. The third-order valence-corrected chi connectivity index (χ3v) is 4.94. The lowest BCUT2D eigenvalue weighted by atomic mass is 10.1. The smallest absolute Gasteiger partial charge is 0.225 e. The van der Waals surface area contributed by atoms with Crippen molar-refractivity contribution >= 4 is 11.8 Å². The Labute approximate surface area is 171 Å². The molecule has 1 aliphatic rings. The second-order valence-electron chi connectivity index (χ2n) is 7.05. The van der Waals surface area contributed by atoms with Gasteiger partial charge in [-0.1, -0.05) is 42.5 Å². The molecule has 2 heterocycles. The minimum absolute atomic E-state index is 0.251. The quantitative estimate of drug-likeness (QED) is 0.596. The average molecular weight is 390 g/mol. The van der Waals surface area contributed by atoms with Crippen molar-refractivity contribution in [2.45, 2.75) is 25.5 Å². The number of aromatic nitrogens is 2. The van der Waals surface area contributed by atoms with Gasteiger partial charge in [-0.2, -0.15) is 4.98 Å². The van der Waals surface area contributed by atoms with Crippen LogP contribution in [0, 0.1) is 0 Å². The zero-order chi connectivity index (χ0) is 19.9. The van der Waals surface area contributed by atoms with Crippen molar-refractivity contribution in [2.75, 3.05) is 30.9 Å². The number of methoxy groups -OCH3 is 1. The number of nitrogens with zero attached hydrogens (tertiary/aromatic N) is 2. The Hall–Kier alpha value is -3.12. The predicted molar refractivity (Wildman–Crippen MR) is 115 cm³/mol. The normalized spacial score (nSPS) is 15.8. The van der Waals surface area contributed by atoms with Crippen LogP contribution in [0.2, 0.25) is 0 Å². The van der Waals surface area contributed by atoms with Crippen molar-refractivity contribution in [1.29, 1.82) is 0 Å². The summed E-state index contributed by atoms with van der Waals surface area (Å²) in [6.45, 7) is 2.23. The van der Waals surface area contributed by atoms with E-state index < -0.39 is 0 Å². The van der Waals surface area contributed by atoms with Crippen molar-refractivity contribution in [2.24, 2.45) is 0 Å². The maximum Gasteiger partial charge on any atom is 0.225 e. The second-order valence-corrected chi connectivity index (χ2v) is 7.05. The van der Waals surface area contributed by atoms with Crippen LogP contribution in [-0.2, 0) is 11.3 Å². The molecule has 0 radical (unpaired) electrons. The van der Waals surface area contributed by atoms with Crippen LogP contribution in [-0.4, -0.2) is 36.3 Å². The van der Waals surface area contributed by atoms with E-state index in [4.69, 9.17) is 14.5 Å². The fraction of sp³-hybridized carbons (Fsp3) is 0.304. The van der Waals surface area contributed by atoms with E-state index in [2.05, 4.69) is 27.8 Å². The van der Waals surface area contributed by atoms with Gasteiger partial charge in [-0.25, -0.2) is 4.98 Å². The summed E-state index contributed by atoms with van der Waals surface area (Å²) in [6, 6.07) is 20.1. The maximum absolute atomic E-state index is 5.71. The largest absolute Gasteiger partial charge is 0.497 e. The molecule has 1 aliphatic heterocycles. The molecular weight excluding hydrogens is 364 g/mol. The average Bonchev–Trinajstić information content (AvgIpc) is 3.31. The Bertz CT molecular complexity index is 910. The number of benzene rings is 2. The van der Waals surface area contributed by atoms with Crippen LogP contribution in [0.5, 0.6) is 5.75 Å². The minimum atomic E-state index is 0.251. The van der Waals surface area contributed by atoms with Gasteiger partial charge in [-0.3, -0.25) is 0 Å². The van der Waals surface area contributed by atoms with Crippen LogP contribution < -0.4 is 15.4 Å². The first-order valence-corrected chi connectivity index (χ1v) is 9.97. The second kappa shape index (κ2) is 9.39. The topological polar surface area (TPSA) is 68.3 Å². The Morgan fingerprint density at radius 3 is 2.59 bits per heavy atom. The fourth-order valence-electron chi connectivity index (χ4n) is 3.32. The molecule has 29 heavy (non-hydrogen) atoms. The van der Waals surface area contributed by atoms with E-state index in [0.717, 1.165) is 54.4 Å². The van der Waals surface area contributed by atoms with E-state index in [1.165, 1.54) is 0 Å². The molecule has 6 nitrogen and oxygen atoms in total. The lowest BCUT2D eigenvalue weighted by Gasteiger charge is -2.14. The highest BCUT2D eigenvalue weighted by atomic mass is 16.5. The van der Waals surface area contributed by atoms with E-state index in [0.29, 0.717) is 12.5 Å². The van der Waals surface area contributed by atoms with Crippen LogP contribution in [0.25, 0.3) is 11.3 Å². The van der Waals surface area contributed by atoms with Gasteiger partial charge in [-0.05, 0) is 30.5 Å². The monoisotopic (exact) mass is 390 g/mol. The third-order valence-electron chi connectivity index (χ3n) is 4.94. The first-order chi connectivity index (χ1) is 14.3. The Kier molecular flexibility index (Phi) is 6.22. The summed E-state index contributed by atoms with van der Waals surface area (Å²) in [6.07, 6.45) is 2.47. The molecule has 6 heteroatoms. The third kappa shape index (κ3) is 5.23. The SMILES string of the molecule is COc1ccc(CNc2nc(NCC3CCCO3)cc(-c3ccccc3)n2)cc1. The molecule has 1 aromatic heterocycles. The fourth-order valence-corrected chi connectivity index (χ4v) is 3.32. The Morgan fingerprint density at radius 1 is 1.03 bits per heavy atom. The minimum Gasteiger partial charge on any atom is -0.497 e. The zero-order valence-corrected chi connectivity index (χ0v) is 16.6. The molecule has 1 saturated heterocycles. The molecule has 0 spiro atoms. The van der Waals surface area contributed by atoms with Crippen LogP contribution in [0.15, 0.2) is 60.7 Å². The molecular formula is C23H26N4O2. The van der Waals surface area contributed by atoms with Crippen LogP contribution in [0.4, 0.5) is 11.8 Å². The van der Waals surface area contributed by atoms with Crippen molar-refractivity contribution < 1.29 is 9.47 Å². The summed E-state index contributed by atoms with van der Waals surface area (Å²) in [7, 11) is 1.67.